The molecular formula is C11H13ClN2O3. The fourth-order valence-corrected chi connectivity index (χ4v) is 1.21. The van der Waals surface area contributed by atoms with Crippen LogP contribution in [0, 0.1) is 0 Å². The smallest absolute Gasteiger partial charge is 0.339 e. The van der Waals surface area contributed by atoms with E-state index in [0.29, 0.717) is 6.61 Å². The first-order valence-electron chi connectivity index (χ1n) is 5.19. The minimum atomic E-state index is -1.10. The molecule has 92 valence electrons. The fourth-order valence-electron chi connectivity index (χ4n) is 1.07. The average molecular weight is 257 g/mol. The maximum Gasteiger partial charge on any atom is 0.339 e. The van der Waals surface area contributed by atoms with Crippen molar-refractivity contribution in [3.8, 4) is 0 Å². The molecule has 0 saturated carbocycles. The second kappa shape index (κ2) is 6.85. The van der Waals surface area contributed by atoms with Crippen molar-refractivity contribution in [2.45, 2.75) is 19.8 Å². The van der Waals surface area contributed by atoms with Crippen molar-refractivity contribution >= 4 is 23.6 Å². The molecule has 0 amide bonds. The lowest BCUT2D eigenvalue weighted by molar-refractivity contribution is 0.0695. The van der Waals surface area contributed by atoms with E-state index in [1.807, 2.05) is 0 Å². The minimum Gasteiger partial charge on any atom is -0.501 e. The van der Waals surface area contributed by atoms with Gasteiger partial charge in [-0.15, -0.1) is 0 Å². The van der Waals surface area contributed by atoms with Gasteiger partial charge in [0.05, 0.1) is 18.6 Å². The molecule has 0 fully saturated rings. The van der Waals surface area contributed by atoms with Gasteiger partial charge in [0.2, 0.25) is 5.28 Å². The van der Waals surface area contributed by atoms with Gasteiger partial charge in [-0.05, 0) is 24.1 Å². The van der Waals surface area contributed by atoms with Crippen molar-refractivity contribution < 1.29 is 14.6 Å². The highest BCUT2D eigenvalue weighted by Gasteiger charge is 2.10. The Kier molecular flexibility index (Phi) is 5.42. The molecule has 1 aromatic heterocycles. The van der Waals surface area contributed by atoms with Gasteiger partial charge in [-0.1, -0.05) is 13.3 Å². The molecule has 0 aliphatic rings. The molecule has 0 aliphatic carbocycles. The van der Waals surface area contributed by atoms with E-state index < -0.39 is 5.97 Å². The molecular weight excluding hydrogens is 244 g/mol. The zero-order chi connectivity index (χ0) is 12.7. The highest BCUT2D eigenvalue weighted by Crippen LogP contribution is 2.10. The molecule has 0 atom stereocenters. The largest absolute Gasteiger partial charge is 0.501 e. The van der Waals surface area contributed by atoms with Gasteiger partial charge in [-0.25, -0.2) is 14.8 Å². The Morgan fingerprint density at radius 2 is 2.41 bits per heavy atom. The van der Waals surface area contributed by atoms with Gasteiger partial charge in [-0.3, -0.25) is 0 Å². The zero-order valence-corrected chi connectivity index (χ0v) is 10.1. The van der Waals surface area contributed by atoms with Crippen LogP contribution in [0.5, 0.6) is 0 Å². The Bertz CT molecular complexity index is 421. The third kappa shape index (κ3) is 4.40. The van der Waals surface area contributed by atoms with Crippen molar-refractivity contribution in [1.82, 2.24) is 9.97 Å². The summed E-state index contributed by atoms with van der Waals surface area (Å²) >= 11 is 5.59. The number of hydrogen-bond acceptors (Lipinski definition) is 4. The summed E-state index contributed by atoms with van der Waals surface area (Å²) in [4.78, 5) is 18.3. The maximum atomic E-state index is 10.9. The highest BCUT2D eigenvalue weighted by atomic mass is 35.5. The molecule has 1 heterocycles. The lowest BCUT2D eigenvalue weighted by atomic mass is 10.2. The molecule has 1 N–H and O–H groups in total. The first kappa shape index (κ1) is 13.4. The van der Waals surface area contributed by atoms with Crippen molar-refractivity contribution in [3.05, 3.63) is 29.0 Å². The third-order valence-corrected chi connectivity index (χ3v) is 2.14. The second-order valence-electron chi connectivity index (χ2n) is 3.27. The van der Waals surface area contributed by atoms with Crippen LogP contribution in [-0.2, 0) is 4.74 Å². The van der Waals surface area contributed by atoms with Gasteiger partial charge in [-0.2, -0.15) is 0 Å². The molecule has 0 saturated heterocycles. The molecule has 6 heteroatoms. The van der Waals surface area contributed by atoms with Gasteiger partial charge in [0.25, 0.3) is 0 Å². The van der Waals surface area contributed by atoms with Crippen molar-refractivity contribution in [1.29, 1.82) is 0 Å². The summed E-state index contributed by atoms with van der Waals surface area (Å²) in [7, 11) is 0. The van der Waals surface area contributed by atoms with Gasteiger partial charge in [0.15, 0.2) is 0 Å². The molecule has 0 unspecified atom stereocenters. The Labute approximate surface area is 104 Å². The van der Waals surface area contributed by atoms with E-state index in [1.54, 1.807) is 0 Å². The molecule has 0 aliphatic heterocycles. The Balaban J connectivity index is 2.74. The van der Waals surface area contributed by atoms with E-state index in [4.69, 9.17) is 21.4 Å². The van der Waals surface area contributed by atoms with Crippen LogP contribution in [0.15, 0.2) is 12.5 Å². The van der Waals surface area contributed by atoms with Crippen LogP contribution in [0.25, 0.3) is 6.08 Å². The van der Waals surface area contributed by atoms with Gasteiger partial charge < -0.3 is 9.84 Å². The number of nitrogens with zero attached hydrogens (tertiary/aromatic N) is 2. The van der Waals surface area contributed by atoms with Crippen LogP contribution in [0.3, 0.4) is 0 Å². The fraction of sp³-hybridized carbons (Fsp3) is 0.364. The molecule has 17 heavy (non-hydrogen) atoms. The number of carboxylic acids is 1. The van der Waals surface area contributed by atoms with E-state index in [2.05, 4.69) is 16.9 Å². The van der Waals surface area contributed by atoms with Crippen LogP contribution in [0.4, 0.5) is 0 Å². The normalized spacial score (nSPS) is 10.7. The number of carboxylic acid groups (broad SMARTS) is 1. The highest BCUT2D eigenvalue weighted by molar-refractivity contribution is 6.28. The Hall–Kier alpha value is -1.62. The number of carbonyl (C=O) groups is 1. The second-order valence-corrected chi connectivity index (χ2v) is 3.61. The summed E-state index contributed by atoms with van der Waals surface area (Å²) in [6.07, 6.45) is 6.03. The number of hydrogen-bond donors (Lipinski definition) is 1. The van der Waals surface area contributed by atoms with Crippen LogP contribution in [-0.4, -0.2) is 27.7 Å². The Morgan fingerprint density at radius 3 is 3.06 bits per heavy atom. The summed E-state index contributed by atoms with van der Waals surface area (Å²) in [5, 5.41) is 8.90. The predicted octanol–water partition coefficient (Wildman–Crippen LogP) is 2.62. The van der Waals surface area contributed by atoms with Crippen LogP contribution in [0.2, 0.25) is 5.28 Å². The SMILES string of the molecule is CCCCO/C=C/c1nc(Cl)ncc1C(=O)O. The summed E-state index contributed by atoms with van der Waals surface area (Å²) in [5.74, 6) is -1.10. The van der Waals surface area contributed by atoms with Gasteiger partial charge in [0.1, 0.15) is 5.56 Å². The summed E-state index contributed by atoms with van der Waals surface area (Å²) in [6.45, 7) is 2.65. The molecule has 0 spiro atoms. The molecule has 1 aromatic rings. The Morgan fingerprint density at radius 1 is 1.65 bits per heavy atom. The quantitative estimate of drug-likeness (QED) is 0.481. The van der Waals surface area contributed by atoms with E-state index in [1.165, 1.54) is 18.5 Å². The maximum absolute atomic E-state index is 10.9. The van der Waals surface area contributed by atoms with Crippen LogP contribution in [0.1, 0.15) is 35.8 Å². The molecule has 0 radical (unpaired) electrons. The standard InChI is InChI=1S/C11H13ClN2O3/c1-2-3-5-17-6-4-9-8(10(15)16)7-13-11(12)14-9/h4,6-7H,2-3,5H2,1H3,(H,15,16)/b6-4+. The number of unbranched alkanes of at least 4 members (excludes halogenated alkanes) is 1. The van der Waals surface area contributed by atoms with Gasteiger partial charge in [0, 0.05) is 6.20 Å². The number of aromatic nitrogens is 2. The predicted molar refractivity (Wildman–Crippen MR) is 63.9 cm³/mol. The number of ether oxygens (including phenoxy) is 1. The van der Waals surface area contributed by atoms with E-state index >= 15 is 0 Å². The van der Waals surface area contributed by atoms with Crippen LogP contribution < -0.4 is 0 Å². The lowest BCUT2D eigenvalue weighted by Crippen LogP contribution is -2.03. The minimum absolute atomic E-state index is 0.00297. The van der Waals surface area contributed by atoms with Crippen molar-refractivity contribution in [2.24, 2.45) is 0 Å². The number of rotatable bonds is 6. The molecule has 0 aromatic carbocycles. The third-order valence-electron chi connectivity index (χ3n) is 1.96. The molecule has 0 bridgehead atoms. The summed E-state index contributed by atoms with van der Waals surface area (Å²) in [5.41, 5.74) is 0.221. The van der Waals surface area contributed by atoms with Gasteiger partial charge >= 0.3 is 5.97 Å². The topological polar surface area (TPSA) is 72.3 Å². The van der Waals surface area contributed by atoms with E-state index in [-0.39, 0.29) is 16.5 Å². The summed E-state index contributed by atoms with van der Waals surface area (Å²) in [6, 6.07) is 0. The van der Waals surface area contributed by atoms with Crippen LogP contribution >= 0.6 is 11.6 Å². The van der Waals surface area contributed by atoms with Crippen molar-refractivity contribution in [3.63, 3.8) is 0 Å². The molecule has 5 nitrogen and oxygen atoms in total. The van der Waals surface area contributed by atoms with E-state index in [9.17, 15) is 4.79 Å². The zero-order valence-electron chi connectivity index (χ0n) is 9.39. The first-order chi connectivity index (χ1) is 8.15. The first-order valence-corrected chi connectivity index (χ1v) is 5.57. The average Bonchev–Trinajstić information content (AvgIpc) is 2.28. The number of halogens is 1. The van der Waals surface area contributed by atoms with E-state index in [0.717, 1.165) is 12.8 Å². The lowest BCUT2D eigenvalue weighted by Gasteiger charge is -2.01. The monoisotopic (exact) mass is 256 g/mol. The van der Waals surface area contributed by atoms with Crippen molar-refractivity contribution in [2.75, 3.05) is 6.61 Å². The summed E-state index contributed by atoms with van der Waals surface area (Å²) < 4.78 is 5.18. The molecule has 1 rings (SSSR count). The number of aromatic carboxylic acids is 1.